The lowest BCUT2D eigenvalue weighted by molar-refractivity contribution is 1.41. The van der Waals surface area contributed by atoms with E-state index in [2.05, 4.69) is 20.9 Å². The van der Waals surface area contributed by atoms with Crippen LogP contribution in [0.1, 0.15) is 0 Å². The van der Waals surface area contributed by atoms with Gasteiger partial charge in [-0.15, -0.1) is 0 Å². The van der Waals surface area contributed by atoms with Crippen LogP contribution in [0.2, 0.25) is 0 Å². The summed E-state index contributed by atoms with van der Waals surface area (Å²) in [5, 5.41) is 2.23. The minimum absolute atomic E-state index is 0.00609. The Balaban J connectivity index is 2.11. The molecule has 23 heavy (non-hydrogen) atoms. The van der Waals surface area contributed by atoms with Crippen molar-refractivity contribution < 1.29 is 0 Å². The number of fused-ring (bicyclic) bond motifs is 2. The van der Waals surface area contributed by atoms with E-state index in [0.717, 1.165) is 21.0 Å². The Morgan fingerprint density at radius 1 is 0.739 bits per heavy atom. The third-order valence-electron chi connectivity index (χ3n) is 3.98. The van der Waals surface area contributed by atoms with Crippen LogP contribution in [0.25, 0.3) is 32.8 Å². The van der Waals surface area contributed by atoms with Crippen molar-refractivity contribution in [2.75, 3.05) is 0 Å². The first-order chi connectivity index (χ1) is 11.2. The molecule has 0 unspecified atom stereocenters. The van der Waals surface area contributed by atoms with E-state index in [1.807, 2.05) is 72.9 Å². The van der Waals surface area contributed by atoms with Crippen LogP contribution >= 0.6 is 15.9 Å². The second-order valence-corrected chi connectivity index (χ2v) is 6.24. The molecule has 0 spiro atoms. The van der Waals surface area contributed by atoms with E-state index in [1.165, 1.54) is 0 Å². The van der Waals surface area contributed by atoms with Gasteiger partial charge in [0.05, 0.1) is 5.52 Å². The molecule has 3 heteroatoms. The zero-order chi connectivity index (χ0) is 15.8. The van der Waals surface area contributed by atoms with Gasteiger partial charge in [-0.25, -0.2) is 0 Å². The van der Waals surface area contributed by atoms with Gasteiger partial charge in [-0.3, -0.25) is 9.78 Å². The molecule has 4 rings (SSSR count). The lowest BCUT2D eigenvalue weighted by atomic mass is 10.1. The minimum atomic E-state index is 0.00609. The summed E-state index contributed by atoms with van der Waals surface area (Å²) < 4.78 is 0.913. The number of rotatable bonds is 1. The van der Waals surface area contributed by atoms with Crippen LogP contribution in [0.4, 0.5) is 0 Å². The Morgan fingerprint density at radius 2 is 1.57 bits per heavy atom. The van der Waals surface area contributed by atoms with Crippen molar-refractivity contribution in [2.24, 2.45) is 0 Å². The molecule has 1 heterocycles. The number of hydrogen-bond acceptors (Lipinski definition) is 2. The molecule has 0 radical (unpaired) electrons. The van der Waals surface area contributed by atoms with Crippen LogP contribution in [0, 0.1) is 0 Å². The molecule has 4 aromatic rings. The van der Waals surface area contributed by atoms with E-state index >= 15 is 0 Å². The largest absolute Gasteiger partial charge is 0.289 e. The maximum Gasteiger partial charge on any atom is 0.195 e. The summed E-state index contributed by atoms with van der Waals surface area (Å²) in [7, 11) is 0. The first kappa shape index (κ1) is 14.1. The first-order valence-electron chi connectivity index (χ1n) is 7.31. The highest BCUT2D eigenvalue weighted by atomic mass is 79.9. The zero-order valence-electron chi connectivity index (χ0n) is 12.2. The molecule has 0 aliphatic carbocycles. The van der Waals surface area contributed by atoms with Crippen LogP contribution in [-0.2, 0) is 0 Å². The minimum Gasteiger partial charge on any atom is -0.289 e. The fourth-order valence-electron chi connectivity index (χ4n) is 2.79. The molecule has 0 N–H and O–H groups in total. The standard InChI is InChI=1S/C20H12BrNO/c21-18-8-4-7-16-15(18)9-10-19-17(20(16)23)11-14(12-22-19)13-5-2-1-3-6-13/h1-12H. The van der Waals surface area contributed by atoms with E-state index in [4.69, 9.17) is 0 Å². The zero-order valence-corrected chi connectivity index (χ0v) is 13.7. The number of nitrogens with zero attached hydrogens (tertiary/aromatic N) is 1. The lowest BCUT2D eigenvalue weighted by Gasteiger charge is -2.01. The molecule has 3 aromatic carbocycles. The molecule has 0 saturated carbocycles. The summed E-state index contributed by atoms with van der Waals surface area (Å²) in [6.45, 7) is 0. The van der Waals surface area contributed by atoms with Gasteiger partial charge in [0.2, 0.25) is 0 Å². The molecule has 2 nitrogen and oxygen atoms in total. The number of hydrogen-bond donors (Lipinski definition) is 0. The van der Waals surface area contributed by atoms with Gasteiger partial charge in [0.15, 0.2) is 5.43 Å². The second kappa shape index (κ2) is 5.60. The molecule has 1 aromatic heterocycles. The second-order valence-electron chi connectivity index (χ2n) is 5.39. The smallest absolute Gasteiger partial charge is 0.195 e. The van der Waals surface area contributed by atoms with Crippen molar-refractivity contribution >= 4 is 37.6 Å². The van der Waals surface area contributed by atoms with Crippen LogP contribution in [-0.4, -0.2) is 4.98 Å². The van der Waals surface area contributed by atoms with Crippen molar-refractivity contribution in [3.63, 3.8) is 0 Å². The summed E-state index contributed by atoms with van der Waals surface area (Å²) >= 11 is 3.52. The molecule has 110 valence electrons. The van der Waals surface area contributed by atoms with Crippen molar-refractivity contribution in [3.05, 3.63) is 87.6 Å². The number of aromatic nitrogens is 1. The Hall–Kier alpha value is -2.52. The highest BCUT2D eigenvalue weighted by Gasteiger charge is 2.07. The maximum atomic E-state index is 13.0. The molecule has 0 fully saturated rings. The number of benzene rings is 2. The Kier molecular flexibility index (Phi) is 3.43. The van der Waals surface area contributed by atoms with Gasteiger partial charge in [0, 0.05) is 27.0 Å². The highest BCUT2D eigenvalue weighted by Crippen LogP contribution is 2.25. The Bertz CT molecular complexity index is 1090. The van der Waals surface area contributed by atoms with Gasteiger partial charge in [-0.2, -0.15) is 0 Å². The van der Waals surface area contributed by atoms with Crippen LogP contribution in [0.15, 0.2) is 82.2 Å². The third-order valence-corrected chi connectivity index (χ3v) is 4.67. The quantitative estimate of drug-likeness (QED) is 0.467. The van der Waals surface area contributed by atoms with Crippen molar-refractivity contribution in [3.8, 4) is 11.1 Å². The van der Waals surface area contributed by atoms with Crippen molar-refractivity contribution in [2.45, 2.75) is 0 Å². The van der Waals surface area contributed by atoms with Gasteiger partial charge in [-0.1, -0.05) is 64.5 Å². The topological polar surface area (TPSA) is 30.0 Å². The molecule has 0 aliphatic heterocycles. The molecular weight excluding hydrogens is 350 g/mol. The van der Waals surface area contributed by atoms with Crippen molar-refractivity contribution in [1.29, 1.82) is 0 Å². The number of pyridine rings is 1. The average Bonchev–Trinajstić information content (AvgIpc) is 2.74. The summed E-state index contributed by atoms with van der Waals surface area (Å²) in [6.07, 6.45) is 1.82. The van der Waals surface area contributed by atoms with E-state index in [0.29, 0.717) is 16.3 Å². The number of halogens is 1. The predicted octanol–water partition coefficient (Wildman–Crippen LogP) is 5.18. The van der Waals surface area contributed by atoms with E-state index in [9.17, 15) is 4.79 Å². The summed E-state index contributed by atoms with van der Waals surface area (Å²) in [5.41, 5.74) is 2.72. The third kappa shape index (κ3) is 2.43. The van der Waals surface area contributed by atoms with Gasteiger partial charge in [0.25, 0.3) is 0 Å². The predicted molar refractivity (Wildman–Crippen MR) is 98.7 cm³/mol. The lowest BCUT2D eigenvalue weighted by Crippen LogP contribution is -1.99. The van der Waals surface area contributed by atoms with Crippen LogP contribution < -0.4 is 5.43 Å². The van der Waals surface area contributed by atoms with Gasteiger partial charge >= 0.3 is 0 Å². The van der Waals surface area contributed by atoms with Gasteiger partial charge < -0.3 is 0 Å². The van der Waals surface area contributed by atoms with E-state index in [1.54, 1.807) is 0 Å². The van der Waals surface area contributed by atoms with Crippen molar-refractivity contribution in [1.82, 2.24) is 4.98 Å². The van der Waals surface area contributed by atoms with Crippen LogP contribution in [0.3, 0.4) is 0 Å². The van der Waals surface area contributed by atoms with Crippen LogP contribution in [0.5, 0.6) is 0 Å². The monoisotopic (exact) mass is 361 g/mol. The summed E-state index contributed by atoms with van der Waals surface area (Å²) in [5.74, 6) is 0. The fraction of sp³-hybridized carbons (Fsp3) is 0. The van der Waals surface area contributed by atoms with Gasteiger partial charge in [-0.05, 0) is 29.1 Å². The normalized spacial score (nSPS) is 11.0. The van der Waals surface area contributed by atoms with E-state index in [-0.39, 0.29) is 5.43 Å². The molecule has 0 atom stereocenters. The Morgan fingerprint density at radius 3 is 2.39 bits per heavy atom. The molecule has 0 saturated heterocycles. The first-order valence-corrected chi connectivity index (χ1v) is 8.10. The molecule has 0 bridgehead atoms. The average molecular weight is 362 g/mol. The van der Waals surface area contributed by atoms with Gasteiger partial charge in [0.1, 0.15) is 0 Å². The molecular formula is C20H12BrNO. The molecule has 0 aliphatic rings. The fourth-order valence-corrected chi connectivity index (χ4v) is 3.29. The Labute approximate surface area is 141 Å². The highest BCUT2D eigenvalue weighted by molar-refractivity contribution is 9.10. The SMILES string of the molecule is O=c1c2cc(-c3ccccc3)cnc2ccc2c(Br)cccc12. The summed E-state index contributed by atoms with van der Waals surface area (Å²) in [4.78, 5) is 17.5. The summed E-state index contributed by atoms with van der Waals surface area (Å²) in [6, 6.07) is 21.4. The maximum absolute atomic E-state index is 13.0. The van der Waals surface area contributed by atoms with E-state index < -0.39 is 0 Å². The molecule has 0 amide bonds.